The van der Waals surface area contributed by atoms with E-state index in [0.29, 0.717) is 11.2 Å². The molecule has 0 amide bonds. The molecule has 0 radical (unpaired) electrons. The number of ketones is 1. The normalized spacial score (nSPS) is 30.4. The molecule has 2 aromatic rings. The van der Waals surface area contributed by atoms with Crippen LogP contribution in [0.3, 0.4) is 0 Å². The molecule has 8 atom stereocenters. The van der Waals surface area contributed by atoms with Crippen LogP contribution in [0.5, 0.6) is 0 Å². The van der Waals surface area contributed by atoms with Gasteiger partial charge in [-0.1, -0.05) is 76.2 Å². The number of hydrogen-bond acceptors (Lipinski definition) is 14. The molecule has 3 aliphatic heterocycles. The number of nitrogen functional groups attached to an aromatic ring is 1. The Morgan fingerprint density at radius 2 is 1.52 bits per heavy atom. The fourth-order valence-electron chi connectivity index (χ4n) is 7.91. The highest BCUT2D eigenvalue weighted by atomic mass is 28.5. The van der Waals surface area contributed by atoms with Crippen molar-refractivity contribution in [3.05, 3.63) is 12.7 Å². The highest BCUT2D eigenvalue weighted by Crippen LogP contribution is 2.50. The molecular weight excluding hydrogens is 747 g/mol. The number of Topliss-reactive ketones (excluding diaryl/α,β-unsaturated/α-hetero) is 1. The SMILES string of the molecule is COC(=O)[C@H]1O[C@H](C[C@H]2O[C@@H](n3cnc4c(N)ncnc43)[C@H](OC)[C@H]2O[Si](C)(C)C(C)(C)C)C(=O)[C@H]2O[Si](C(C)C)(C(C)C)O[Si](C(C)C)(C(C)C)O[C@H]12. The second-order valence-electron chi connectivity index (χ2n) is 17.7. The first-order valence-electron chi connectivity index (χ1n) is 19.2. The van der Waals surface area contributed by atoms with Crippen molar-refractivity contribution in [2.75, 3.05) is 20.0 Å². The van der Waals surface area contributed by atoms with E-state index < -0.39 is 80.4 Å². The topological polar surface area (TPSA) is 178 Å². The van der Waals surface area contributed by atoms with Gasteiger partial charge in [-0.2, -0.15) is 0 Å². The van der Waals surface area contributed by atoms with Gasteiger partial charge in [0.1, 0.15) is 42.4 Å². The maximum atomic E-state index is 15.0. The average molecular weight is 810 g/mol. The second kappa shape index (κ2) is 15.7. The number of rotatable bonds is 11. The molecule has 5 heterocycles. The van der Waals surface area contributed by atoms with E-state index in [1.165, 1.54) is 13.4 Å². The van der Waals surface area contributed by atoms with Gasteiger partial charge in [-0.25, -0.2) is 19.7 Å². The van der Waals surface area contributed by atoms with Gasteiger partial charge in [0, 0.05) is 13.5 Å². The molecule has 3 aliphatic rings. The largest absolute Gasteiger partial charge is 0.467 e. The third kappa shape index (κ3) is 7.40. The van der Waals surface area contributed by atoms with Gasteiger partial charge in [0.15, 0.2) is 37.9 Å². The summed E-state index contributed by atoms with van der Waals surface area (Å²) < 4.78 is 55.2. The van der Waals surface area contributed by atoms with E-state index in [2.05, 4.69) is 104 Å². The molecule has 2 N–H and O–H groups in total. The Labute approximate surface area is 323 Å². The first-order valence-corrected chi connectivity index (χ1v) is 26.0. The predicted molar refractivity (Wildman–Crippen MR) is 210 cm³/mol. The Morgan fingerprint density at radius 3 is 2.06 bits per heavy atom. The zero-order chi connectivity index (χ0) is 40.3. The van der Waals surface area contributed by atoms with E-state index >= 15 is 4.79 Å². The van der Waals surface area contributed by atoms with Crippen LogP contribution in [-0.4, -0.2) is 114 Å². The molecule has 304 valence electrons. The van der Waals surface area contributed by atoms with E-state index in [1.54, 1.807) is 18.0 Å². The average Bonchev–Trinajstić information content (AvgIpc) is 3.60. The number of nitrogens with two attached hydrogens (primary N) is 1. The van der Waals surface area contributed by atoms with Crippen molar-refractivity contribution in [1.82, 2.24) is 19.5 Å². The summed E-state index contributed by atoms with van der Waals surface area (Å²) in [5.74, 6) is -0.749. The molecule has 0 saturated carbocycles. The summed E-state index contributed by atoms with van der Waals surface area (Å²) >= 11 is 0. The predicted octanol–water partition coefficient (Wildman–Crippen LogP) is 5.94. The number of hydrogen-bond donors (Lipinski definition) is 1. The molecule has 0 spiro atoms. The van der Waals surface area contributed by atoms with Gasteiger partial charge < -0.3 is 42.1 Å². The summed E-state index contributed by atoms with van der Waals surface area (Å²) in [5.41, 5.74) is 6.96. The van der Waals surface area contributed by atoms with Crippen LogP contribution in [0.25, 0.3) is 11.2 Å². The Bertz CT molecular complexity index is 1650. The Kier molecular flexibility index (Phi) is 12.5. The van der Waals surface area contributed by atoms with Crippen LogP contribution in [0, 0.1) is 0 Å². The lowest BCUT2D eigenvalue weighted by molar-refractivity contribution is -0.196. The van der Waals surface area contributed by atoms with Crippen molar-refractivity contribution in [1.29, 1.82) is 0 Å². The fourth-order valence-corrected chi connectivity index (χ4v) is 20.5. The Morgan fingerprint density at radius 1 is 0.926 bits per heavy atom. The first-order chi connectivity index (χ1) is 25.1. The number of esters is 1. The van der Waals surface area contributed by atoms with Gasteiger partial charge in [-0.3, -0.25) is 9.36 Å². The third-order valence-electron chi connectivity index (χ3n) is 12.0. The van der Waals surface area contributed by atoms with Gasteiger partial charge in [0.05, 0.1) is 19.5 Å². The Balaban J connectivity index is 1.60. The summed E-state index contributed by atoms with van der Waals surface area (Å²) in [4.78, 5) is 41.7. The molecule has 0 aromatic carbocycles. The van der Waals surface area contributed by atoms with Crippen LogP contribution in [0.1, 0.15) is 88.8 Å². The highest BCUT2D eigenvalue weighted by molar-refractivity contribution is 6.84. The highest BCUT2D eigenvalue weighted by Gasteiger charge is 2.66. The summed E-state index contributed by atoms with van der Waals surface area (Å²) in [5, 5.41) is -0.159. The molecular formula is C36H63N5O10Si3. The minimum atomic E-state index is -3.20. The fraction of sp³-hybridized carbons (Fsp3) is 0.806. The van der Waals surface area contributed by atoms with E-state index in [4.69, 9.17) is 42.1 Å². The van der Waals surface area contributed by atoms with E-state index in [-0.39, 0.29) is 45.2 Å². The quantitative estimate of drug-likeness (QED) is 0.208. The van der Waals surface area contributed by atoms with Crippen LogP contribution in [0.2, 0.25) is 40.3 Å². The maximum Gasteiger partial charge on any atom is 0.337 e. The molecule has 15 nitrogen and oxygen atoms in total. The summed E-state index contributed by atoms with van der Waals surface area (Å²) in [6, 6.07) is 0. The number of fused-ring (bicyclic) bond motifs is 2. The number of carbonyl (C=O) groups excluding carboxylic acids is 2. The minimum Gasteiger partial charge on any atom is -0.467 e. The smallest absolute Gasteiger partial charge is 0.337 e. The number of methoxy groups -OCH3 is 2. The van der Waals surface area contributed by atoms with Crippen LogP contribution < -0.4 is 5.73 Å². The summed E-state index contributed by atoms with van der Waals surface area (Å²) in [6.45, 7) is 27.5. The van der Waals surface area contributed by atoms with Crippen LogP contribution in [-0.2, 0) is 45.9 Å². The van der Waals surface area contributed by atoms with Gasteiger partial charge >= 0.3 is 23.1 Å². The van der Waals surface area contributed by atoms with E-state index in [9.17, 15) is 4.79 Å². The lowest BCUT2D eigenvalue weighted by Crippen LogP contribution is -2.63. The summed E-state index contributed by atoms with van der Waals surface area (Å²) in [6.07, 6.45) is -4.35. The zero-order valence-electron chi connectivity index (χ0n) is 34.7. The van der Waals surface area contributed by atoms with Crippen molar-refractivity contribution >= 4 is 54.2 Å². The molecule has 0 aliphatic carbocycles. The molecule has 0 bridgehead atoms. The zero-order valence-corrected chi connectivity index (χ0v) is 37.7. The van der Waals surface area contributed by atoms with Gasteiger partial charge in [0.2, 0.25) is 0 Å². The van der Waals surface area contributed by atoms with Crippen molar-refractivity contribution in [2.24, 2.45) is 0 Å². The second-order valence-corrected chi connectivity index (χ2v) is 31.2. The third-order valence-corrected chi connectivity index (χ3v) is 26.7. The van der Waals surface area contributed by atoms with Crippen molar-refractivity contribution in [3.63, 3.8) is 0 Å². The lowest BCUT2D eigenvalue weighted by atomic mass is 9.92. The molecule has 18 heteroatoms. The molecule has 0 unspecified atom stereocenters. The van der Waals surface area contributed by atoms with E-state index in [1.807, 2.05) is 0 Å². The molecule has 3 saturated heterocycles. The standard InChI is InChI=1S/C36H63N5O10Si3/c1-19(2)53(20(3)4)49-28-26(42)23(46-31(35(43)45-13)29(28)50-54(51-53,21(5)6)22(7)8)16-24-27(48-52(14,15)36(9,10)11)30(44-12)34(47-24)41-18-40-25-32(37)38-17-39-33(25)41/h17-24,27-31,34H,16H2,1-15H3,(H2,37,38,39)/t23-,24-,27+,28-,29+,30-,31+,34-/m1/s1. The minimum absolute atomic E-state index is 0.0155. The number of anilines is 1. The van der Waals surface area contributed by atoms with Crippen LogP contribution in [0.15, 0.2) is 12.7 Å². The maximum absolute atomic E-state index is 15.0. The van der Waals surface area contributed by atoms with E-state index in [0.717, 1.165) is 0 Å². The van der Waals surface area contributed by atoms with Crippen molar-refractivity contribution in [2.45, 2.75) is 172 Å². The first kappa shape index (κ1) is 43.0. The molecule has 5 rings (SSSR count). The molecule has 3 fully saturated rings. The van der Waals surface area contributed by atoms with Crippen LogP contribution in [0.4, 0.5) is 5.82 Å². The van der Waals surface area contributed by atoms with Gasteiger partial charge in [0.25, 0.3) is 0 Å². The van der Waals surface area contributed by atoms with Crippen LogP contribution >= 0.6 is 0 Å². The summed E-state index contributed by atoms with van der Waals surface area (Å²) in [7, 11) is -5.93. The van der Waals surface area contributed by atoms with Crippen molar-refractivity contribution in [3.8, 4) is 0 Å². The monoisotopic (exact) mass is 809 g/mol. The molecule has 2 aromatic heterocycles. The lowest BCUT2D eigenvalue weighted by Gasteiger charge is -2.45. The number of nitrogens with zero attached hydrogens (tertiary/aromatic N) is 4. The van der Waals surface area contributed by atoms with Gasteiger partial charge in [-0.15, -0.1) is 0 Å². The number of carbonyl (C=O) groups is 2. The number of imidazole rings is 1. The van der Waals surface area contributed by atoms with Crippen molar-refractivity contribution < 1.29 is 45.9 Å². The van der Waals surface area contributed by atoms with Gasteiger partial charge in [-0.05, 0) is 40.3 Å². The Hall–Kier alpha value is -2.14. The number of aromatic nitrogens is 4. The number of ether oxygens (including phenoxy) is 4. The molecule has 54 heavy (non-hydrogen) atoms.